The standard InChI is InChI=1S/C9H17N5O3S/c1-3-7-12-8(14-13-7)9(15)10-5-4-6-11-18(2,16)17/h11H,3-6H2,1-2H3,(H,10,15)(H,12,13,14). The molecule has 3 N–H and O–H groups in total. The van der Waals surface area contributed by atoms with Gasteiger partial charge in [0, 0.05) is 19.5 Å². The predicted octanol–water partition coefficient (Wildman–Crippen LogP) is -0.964. The van der Waals surface area contributed by atoms with E-state index in [1.54, 1.807) is 0 Å². The Morgan fingerprint density at radius 1 is 1.39 bits per heavy atom. The molecule has 0 spiro atoms. The van der Waals surface area contributed by atoms with E-state index in [0.717, 1.165) is 6.26 Å². The highest BCUT2D eigenvalue weighted by Crippen LogP contribution is 1.93. The SMILES string of the molecule is CCc1nc(C(=O)NCCCNS(C)(=O)=O)n[nH]1. The quantitative estimate of drug-likeness (QED) is 0.554. The normalized spacial score (nSPS) is 11.4. The average Bonchev–Trinajstić information content (AvgIpc) is 2.75. The molecule has 0 radical (unpaired) electrons. The summed E-state index contributed by atoms with van der Waals surface area (Å²) in [6, 6.07) is 0. The molecule has 9 heteroatoms. The number of hydrogen-bond acceptors (Lipinski definition) is 5. The molecule has 0 aromatic carbocycles. The van der Waals surface area contributed by atoms with Crippen molar-refractivity contribution in [2.45, 2.75) is 19.8 Å². The molecule has 18 heavy (non-hydrogen) atoms. The summed E-state index contributed by atoms with van der Waals surface area (Å²) in [6.45, 7) is 2.55. The van der Waals surface area contributed by atoms with E-state index in [-0.39, 0.29) is 18.3 Å². The Kier molecular flexibility index (Phi) is 5.23. The van der Waals surface area contributed by atoms with Crippen LogP contribution in [-0.4, -0.2) is 48.9 Å². The largest absolute Gasteiger partial charge is 0.349 e. The molecule has 0 saturated heterocycles. The fourth-order valence-electron chi connectivity index (χ4n) is 1.18. The van der Waals surface area contributed by atoms with Crippen molar-refractivity contribution < 1.29 is 13.2 Å². The Labute approximate surface area is 106 Å². The molecule has 0 aliphatic heterocycles. The van der Waals surface area contributed by atoms with Gasteiger partial charge >= 0.3 is 0 Å². The first-order valence-electron chi connectivity index (χ1n) is 5.56. The van der Waals surface area contributed by atoms with Crippen molar-refractivity contribution in [2.75, 3.05) is 19.3 Å². The van der Waals surface area contributed by atoms with E-state index in [1.807, 2.05) is 6.92 Å². The molecule has 0 bridgehead atoms. The zero-order chi connectivity index (χ0) is 13.6. The minimum Gasteiger partial charge on any atom is -0.349 e. The summed E-state index contributed by atoms with van der Waals surface area (Å²) in [5.41, 5.74) is 0. The first-order chi connectivity index (χ1) is 8.42. The highest BCUT2D eigenvalue weighted by molar-refractivity contribution is 7.88. The molecule has 1 rings (SSSR count). The van der Waals surface area contributed by atoms with E-state index >= 15 is 0 Å². The Morgan fingerprint density at radius 2 is 2.11 bits per heavy atom. The molecule has 0 fully saturated rings. The lowest BCUT2D eigenvalue weighted by atomic mass is 10.4. The van der Waals surface area contributed by atoms with Crippen LogP contribution in [0.15, 0.2) is 0 Å². The molecule has 0 saturated carbocycles. The minimum absolute atomic E-state index is 0.0999. The van der Waals surface area contributed by atoms with Crippen LogP contribution in [0.1, 0.15) is 29.8 Å². The highest BCUT2D eigenvalue weighted by atomic mass is 32.2. The maximum Gasteiger partial charge on any atom is 0.290 e. The third kappa shape index (κ3) is 5.23. The van der Waals surface area contributed by atoms with Crippen molar-refractivity contribution in [3.05, 3.63) is 11.6 Å². The summed E-state index contributed by atoms with van der Waals surface area (Å²) < 4.78 is 23.9. The van der Waals surface area contributed by atoms with Gasteiger partial charge in [-0.1, -0.05) is 6.92 Å². The number of H-pyrrole nitrogens is 1. The smallest absolute Gasteiger partial charge is 0.290 e. The van der Waals surface area contributed by atoms with Crippen LogP contribution < -0.4 is 10.0 Å². The minimum atomic E-state index is -3.17. The number of carbonyl (C=O) groups excluding carboxylic acids is 1. The summed E-state index contributed by atoms with van der Waals surface area (Å²) in [5.74, 6) is 0.382. The first-order valence-corrected chi connectivity index (χ1v) is 7.45. The second-order valence-corrected chi connectivity index (χ2v) is 5.57. The number of sulfonamides is 1. The maximum absolute atomic E-state index is 11.5. The Hall–Kier alpha value is -1.48. The summed E-state index contributed by atoms with van der Waals surface area (Å²) >= 11 is 0. The maximum atomic E-state index is 11.5. The molecule has 8 nitrogen and oxygen atoms in total. The van der Waals surface area contributed by atoms with Gasteiger partial charge in [-0.3, -0.25) is 9.89 Å². The fraction of sp³-hybridized carbons (Fsp3) is 0.667. The molecule has 1 heterocycles. The third-order valence-electron chi connectivity index (χ3n) is 2.07. The van der Waals surface area contributed by atoms with Gasteiger partial charge in [0.05, 0.1) is 6.26 Å². The van der Waals surface area contributed by atoms with E-state index in [0.29, 0.717) is 25.2 Å². The molecule has 1 aromatic rings. The Bertz CT molecular complexity index is 496. The van der Waals surface area contributed by atoms with Gasteiger partial charge in [-0.2, -0.15) is 0 Å². The molecular formula is C9H17N5O3S. The van der Waals surface area contributed by atoms with Gasteiger partial charge in [-0.25, -0.2) is 18.1 Å². The molecular weight excluding hydrogens is 258 g/mol. The van der Waals surface area contributed by atoms with E-state index in [1.165, 1.54) is 0 Å². The van der Waals surface area contributed by atoms with Crippen LogP contribution in [0.5, 0.6) is 0 Å². The van der Waals surface area contributed by atoms with Crippen molar-refractivity contribution >= 4 is 15.9 Å². The topological polar surface area (TPSA) is 117 Å². The molecule has 0 unspecified atom stereocenters. The van der Waals surface area contributed by atoms with Gasteiger partial charge < -0.3 is 5.32 Å². The molecule has 102 valence electrons. The second-order valence-electron chi connectivity index (χ2n) is 3.74. The summed E-state index contributed by atoms with van der Waals surface area (Å²) in [7, 11) is -3.17. The van der Waals surface area contributed by atoms with E-state index < -0.39 is 10.0 Å². The van der Waals surface area contributed by atoms with E-state index in [4.69, 9.17) is 0 Å². The summed E-state index contributed by atoms with van der Waals surface area (Å²) in [6.07, 6.45) is 2.27. The zero-order valence-electron chi connectivity index (χ0n) is 10.4. The lowest BCUT2D eigenvalue weighted by Gasteiger charge is -2.03. The third-order valence-corrected chi connectivity index (χ3v) is 2.80. The number of nitrogens with zero attached hydrogens (tertiary/aromatic N) is 2. The van der Waals surface area contributed by atoms with Crippen LogP contribution in [0, 0.1) is 0 Å². The van der Waals surface area contributed by atoms with Crippen molar-refractivity contribution in [3.8, 4) is 0 Å². The first kappa shape index (κ1) is 14.6. The number of carbonyl (C=O) groups is 1. The van der Waals surface area contributed by atoms with Gasteiger partial charge in [0.15, 0.2) is 0 Å². The lowest BCUT2D eigenvalue weighted by Crippen LogP contribution is -2.29. The van der Waals surface area contributed by atoms with Crippen molar-refractivity contribution in [3.63, 3.8) is 0 Å². The average molecular weight is 275 g/mol. The van der Waals surface area contributed by atoms with Crippen molar-refractivity contribution in [1.29, 1.82) is 0 Å². The summed E-state index contributed by atoms with van der Waals surface area (Å²) in [4.78, 5) is 15.5. The zero-order valence-corrected chi connectivity index (χ0v) is 11.2. The van der Waals surface area contributed by atoms with Gasteiger partial charge in [-0.15, -0.1) is 5.10 Å². The fourth-order valence-corrected chi connectivity index (χ4v) is 1.70. The van der Waals surface area contributed by atoms with Crippen LogP contribution in [0.4, 0.5) is 0 Å². The number of aromatic amines is 1. The molecule has 1 amide bonds. The number of nitrogens with one attached hydrogen (secondary N) is 3. The van der Waals surface area contributed by atoms with E-state index in [2.05, 4.69) is 25.2 Å². The Morgan fingerprint density at radius 3 is 2.67 bits per heavy atom. The van der Waals surface area contributed by atoms with Crippen molar-refractivity contribution in [1.82, 2.24) is 25.2 Å². The highest BCUT2D eigenvalue weighted by Gasteiger charge is 2.10. The van der Waals surface area contributed by atoms with Crippen LogP contribution in [-0.2, 0) is 16.4 Å². The number of aromatic nitrogens is 3. The predicted molar refractivity (Wildman–Crippen MR) is 65.6 cm³/mol. The second kappa shape index (κ2) is 6.45. The lowest BCUT2D eigenvalue weighted by molar-refractivity contribution is 0.0943. The molecule has 0 atom stereocenters. The Balaban J connectivity index is 2.25. The number of hydrogen-bond donors (Lipinski definition) is 3. The van der Waals surface area contributed by atoms with Crippen LogP contribution in [0.25, 0.3) is 0 Å². The number of amides is 1. The van der Waals surface area contributed by atoms with Gasteiger partial charge in [0.1, 0.15) is 5.82 Å². The number of rotatable bonds is 7. The van der Waals surface area contributed by atoms with Gasteiger partial charge in [0.2, 0.25) is 15.8 Å². The number of aryl methyl sites for hydroxylation is 1. The van der Waals surface area contributed by atoms with Gasteiger partial charge in [0.25, 0.3) is 5.91 Å². The summed E-state index contributed by atoms with van der Waals surface area (Å²) in [5, 5.41) is 9.01. The monoisotopic (exact) mass is 275 g/mol. The van der Waals surface area contributed by atoms with Crippen molar-refractivity contribution in [2.24, 2.45) is 0 Å². The van der Waals surface area contributed by atoms with Crippen LogP contribution in [0.2, 0.25) is 0 Å². The molecule has 0 aliphatic rings. The van der Waals surface area contributed by atoms with E-state index in [9.17, 15) is 13.2 Å². The molecule has 0 aliphatic carbocycles. The van der Waals surface area contributed by atoms with Gasteiger partial charge in [-0.05, 0) is 6.42 Å². The van der Waals surface area contributed by atoms with Crippen LogP contribution >= 0.6 is 0 Å². The molecule has 1 aromatic heterocycles. The van der Waals surface area contributed by atoms with Crippen LogP contribution in [0.3, 0.4) is 0 Å².